The Morgan fingerprint density at radius 1 is 1.14 bits per heavy atom. The van der Waals surface area contributed by atoms with E-state index in [1.165, 1.54) is 11.3 Å². The average Bonchev–Trinajstić information content (AvgIpc) is 2.76. The second-order valence-corrected chi connectivity index (χ2v) is 6.79. The maximum atomic E-state index is 12.6. The molecule has 0 bridgehead atoms. The molecule has 0 N–H and O–H groups in total. The van der Waals surface area contributed by atoms with Crippen LogP contribution in [0.5, 0.6) is 11.5 Å². The zero-order valence-corrected chi connectivity index (χ0v) is 16.8. The number of nitriles is 1. The summed E-state index contributed by atoms with van der Waals surface area (Å²) >= 11 is 0. The number of anilines is 1. The fourth-order valence-electron chi connectivity index (χ4n) is 3.38. The molecule has 150 valence electrons. The minimum atomic E-state index is -0.0431. The highest BCUT2D eigenvalue weighted by atomic mass is 16.5. The van der Waals surface area contributed by atoms with E-state index in [1.807, 2.05) is 29.2 Å². The lowest BCUT2D eigenvalue weighted by atomic mass is 10.1. The molecule has 1 aliphatic rings. The molecular formula is C23H25N3O3. The lowest BCUT2D eigenvalue weighted by Crippen LogP contribution is -2.48. The van der Waals surface area contributed by atoms with Crippen LogP contribution in [0.4, 0.5) is 5.69 Å². The quantitative estimate of drug-likeness (QED) is 0.707. The average molecular weight is 391 g/mol. The first-order valence-electron chi connectivity index (χ1n) is 9.57. The summed E-state index contributed by atoms with van der Waals surface area (Å²) in [6.07, 6.45) is 3.36. The number of hydrogen-bond donors (Lipinski definition) is 0. The number of hydrogen-bond acceptors (Lipinski definition) is 5. The highest BCUT2D eigenvalue weighted by molar-refractivity contribution is 5.92. The molecule has 1 fully saturated rings. The van der Waals surface area contributed by atoms with Crippen LogP contribution in [-0.4, -0.2) is 50.7 Å². The lowest BCUT2D eigenvalue weighted by molar-refractivity contribution is -0.126. The summed E-state index contributed by atoms with van der Waals surface area (Å²) in [5, 5.41) is 8.64. The van der Waals surface area contributed by atoms with Crippen molar-refractivity contribution in [3.63, 3.8) is 0 Å². The van der Waals surface area contributed by atoms with Crippen LogP contribution in [0.1, 0.15) is 11.1 Å². The summed E-state index contributed by atoms with van der Waals surface area (Å²) in [5.74, 6) is 1.03. The third kappa shape index (κ3) is 5.08. The number of piperazine rings is 1. The van der Waals surface area contributed by atoms with E-state index in [2.05, 4.69) is 24.0 Å². The molecule has 0 radical (unpaired) electrons. The number of carbonyl (C=O) groups excluding carboxylic acids is 1. The topological polar surface area (TPSA) is 65.8 Å². The summed E-state index contributed by atoms with van der Waals surface area (Å²) < 4.78 is 10.6. The molecule has 0 unspecified atom stereocenters. The van der Waals surface area contributed by atoms with Gasteiger partial charge in [-0.05, 0) is 42.3 Å². The zero-order chi connectivity index (χ0) is 20.6. The normalized spacial score (nSPS) is 14.0. The summed E-state index contributed by atoms with van der Waals surface area (Å²) in [4.78, 5) is 16.8. The monoisotopic (exact) mass is 391 g/mol. The maximum Gasteiger partial charge on any atom is 0.246 e. The predicted molar refractivity (Wildman–Crippen MR) is 113 cm³/mol. The number of rotatable bonds is 6. The summed E-state index contributed by atoms with van der Waals surface area (Å²) in [6.45, 7) is 5.11. The molecule has 0 aliphatic carbocycles. The van der Waals surface area contributed by atoms with Crippen molar-refractivity contribution >= 4 is 17.7 Å². The first-order chi connectivity index (χ1) is 14.1. The Balaban J connectivity index is 1.59. The van der Waals surface area contributed by atoms with Gasteiger partial charge in [0, 0.05) is 37.9 Å². The van der Waals surface area contributed by atoms with Gasteiger partial charge >= 0.3 is 0 Å². The van der Waals surface area contributed by atoms with Crippen molar-refractivity contribution in [2.75, 3.05) is 44.8 Å². The van der Waals surface area contributed by atoms with Crippen LogP contribution in [0.2, 0.25) is 0 Å². The van der Waals surface area contributed by atoms with Crippen molar-refractivity contribution in [1.29, 1.82) is 5.26 Å². The molecule has 0 atom stereocenters. The van der Waals surface area contributed by atoms with E-state index >= 15 is 0 Å². The number of nitrogens with zero attached hydrogens (tertiary/aromatic N) is 3. The number of methoxy groups -OCH3 is 1. The molecule has 1 heterocycles. The molecule has 29 heavy (non-hydrogen) atoms. The van der Waals surface area contributed by atoms with Gasteiger partial charge < -0.3 is 19.3 Å². The van der Waals surface area contributed by atoms with Gasteiger partial charge in [0.25, 0.3) is 0 Å². The highest BCUT2D eigenvalue weighted by Crippen LogP contribution is 2.28. The third-order valence-corrected chi connectivity index (χ3v) is 4.95. The fraction of sp³-hybridized carbons (Fsp3) is 0.304. The van der Waals surface area contributed by atoms with Crippen molar-refractivity contribution in [1.82, 2.24) is 4.90 Å². The van der Waals surface area contributed by atoms with Crippen LogP contribution in [0.3, 0.4) is 0 Å². The van der Waals surface area contributed by atoms with Crippen molar-refractivity contribution in [2.24, 2.45) is 0 Å². The number of ether oxygens (including phenoxy) is 2. The van der Waals surface area contributed by atoms with E-state index in [1.54, 1.807) is 31.4 Å². The van der Waals surface area contributed by atoms with Gasteiger partial charge in [-0.3, -0.25) is 4.79 Å². The van der Waals surface area contributed by atoms with E-state index < -0.39 is 0 Å². The van der Waals surface area contributed by atoms with E-state index in [9.17, 15) is 4.79 Å². The van der Waals surface area contributed by atoms with Crippen LogP contribution in [-0.2, 0) is 4.79 Å². The molecule has 1 amide bonds. The number of benzene rings is 2. The molecule has 6 heteroatoms. The second-order valence-electron chi connectivity index (χ2n) is 6.79. The third-order valence-electron chi connectivity index (χ3n) is 4.95. The molecule has 0 spiro atoms. The Morgan fingerprint density at radius 2 is 1.90 bits per heavy atom. The van der Waals surface area contributed by atoms with Crippen molar-refractivity contribution in [3.8, 4) is 17.6 Å². The number of amides is 1. The second kappa shape index (κ2) is 9.65. The minimum absolute atomic E-state index is 0.00166. The smallest absolute Gasteiger partial charge is 0.246 e. The van der Waals surface area contributed by atoms with Crippen LogP contribution in [0.15, 0.2) is 48.5 Å². The van der Waals surface area contributed by atoms with Crippen molar-refractivity contribution in [2.45, 2.75) is 6.92 Å². The number of carbonyl (C=O) groups is 1. The van der Waals surface area contributed by atoms with Crippen LogP contribution in [0.25, 0.3) is 6.08 Å². The minimum Gasteiger partial charge on any atom is -0.493 e. The van der Waals surface area contributed by atoms with E-state index in [-0.39, 0.29) is 12.5 Å². The maximum absolute atomic E-state index is 12.6. The molecule has 0 saturated carbocycles. The number of para-hydroxylation sites is 1. The zero-order valence-electron chi connectivity index (χ0n) is 16.8. The SMILES string of the molecule is COc1cc(/C=C/C(=O)N2CCN(c3ccccc3C)CC2)ccc1OCC#N. The first-order valence-corrected chi connectivity index (χ1v) is 9.57. The standard InChI is InChI=1S/C23H25N3O3/c1-18-5-3-4-6-20(18)25-12-14-26(15-13-25)23(27)10-8-19-7-9-21(29-16-11-24)22(17-19)28-2/h3-10,17H,12-16H2,1-2H3/b10-8+. The summed E-state index contributed by atoms with van der Waals surface area (Å²) in [5.41, 5.74) is 3.32. The van der Waals surface area contributed by atoms with Crippen LogP contribution >= 0.6 is 0 Å². The fourth-order valence-corrected chi connectivity index (χ4v) is 3.38. The van der Waals surface area contributed by atoms with Gasteiger partial charge in [0.05, 0.1) is 7.11 Å². The van der Waals surface area contributed by atoms with Gasteiger partial charge in [-0.25, -0.2) is 0 Å². The van der Waals surface area contributed by atoms with Crippen molar-refractivity contribution in [3.05, 3.63) is 59.7 Å². The predicted octanol–water partition coefficient (Wildman–Crippen LogP) is 3.27. The Hall–Kier alpha value is -3.46. The van der Waals surface area contributed by atoms with E-state index in [4.69, 9.17) is 14.7 Å². The summed E-state index contributed by atoms with van der Waals surface area (Å²) in [6, 6.07) is 15.6. The van der Waals surface area contributed by atoms with Gasteiger partial charge in [-0.2, -0.15) is 5.26 Å². The lowest BCUT2D eigenvalue weighted by Gasteiger charge is -2.36. The van der Waals surface area contributed by atoms with Gasteiger partial charge in [0.2, 0.25) is 5.91 Å². The van der Waals surface area contributed by atoms with Gasteiger partial charge in [0.15, 0.2) is 18.1 Å². The number of aryl methyl sites for hydroxylation is 1. The molecule has 1 saturated heterocycles. The van der Waals surface area contributed by atoms with E-state index in [0.717, 1.165) is 18.7 Å². The molecule has 1 aliphatic heterocycles. The Kier molecular flexibility index (Phi) is 6.75. The highest BCUT2D eigenvalue weighted by Gasteiger charge is 2.20. The van der Waals surface area contributed by atoms with Crippen molar-refractivity contribution < 1.29 is 14.3 Å². The molecule has 2 aromatic rings. The molecule has 0 aromatic heterocycles. The van der Waals surface area contributed by atoms with Gasteiger partial charge in [-0.15, -0.1) is 0 Å². The van der Waals surface area contributed by atoms with Crippen LogP contribution < -0.4 is 14.4 Å². The molecule has 2 aromatic carbocycles. The Morgan fingerprint density at radius 3 is 2.59 bits per heavy atom. The molecular weight excluding hydrogens is 366 g/mol. The molecule has 6 nitrogen and oxygen atoms in total. The Bertz CT molecular complexity index is 925. The molecule has 3 rings (SSSR count). The van der Waals surface area contributed by atoms with Gasteiger partial charge in [-0.1, -0.05) is 24.3 Å². The van der Waals surface area contributed by atoms with E-state index in [0.29, 0.717) is 24.6 Å². The summed E-state index contributed by atoms with van der Waals surface area (Å²) in [7, 11) is 1.54. The van der Waals surface area contributed by atoms with Crippen LogP contribution in [0, 0.1) is 18.3 Å². The first kappa shape index (κ1) is 20.3. The van der Waals surface area contributed by atoms with Gasteiger partial charge in [0.1, 0.15) is 6.07 Å². The Labute approximate surface area is 171 Å². The largest absolute Gasteiger partial charge is 0.493 e.